The van der Waals surface area contributed by atoms with Crippen molar-refractivity contribution in [1.82, 2.24) is 4.90 Å². The first-order valence-corrected chi connectivity index (χ1v) is 6.97. The van der Waals surface area contributed by atoms with E-state index in [-0.39, 0.29) is 6.04 Å². The van der Waals surface area contributed by atoms with Gasteiger partial charge < -0.3 is 5.73 Å². The van der Waals surface area contributed by atoms with Crippen LogP contribution in [0.25, 0.3) is 0 Å². The van der Waals surface area contributed by atoms with E-state index in [1.165, 1.54) is 12.1 Å². The van der Waals surface area contributed by atoms with Crippen LogP contribution in [0, 0.1) is 0 Å². The van der Waals surface area contributed by atoms with Crippen molar-refractivity contribution in [2.24, 2.45) is 5.73 Å². The summed E-state index contributed by atoms with van der Waals surface area (Å²) in [5, 5.41) is 0. The lowest BCUT2D eigenvalue weighted by Crippen LogP contribution is -2.31. The van der Waals surface area contributed by atoms with Crippen LogP contribution in [-0.2, 0) is 6.18 Å². The molecule has 20 heavy (non-hydrogen) atoms. The molecule has 0 aliphatic rings. The molecule has 1 aromatic carbocycles. The second kappa shape index (κ2) is 7.64. The van der Waals surface area contributed by atoms with Crippen molar-refractivity contribution in [3.63, 3.8) is 0 Å². The second-order valence-corrected chi connectivity index (χ2v) is 5.06. The zero-order chi connectivity index (χ0) is 15.2. The molecule has 1 aromatic rings. The Morgan fingerprint density at radius 3 is 2.20 bits per heavy atom. The third-order valence-corrected chi connectivity index (χ3v) is 3.49. The Balaban J connectivity index is 2.74. The summed E-state index contributed by atoms with van der Waals surface area (Å²) in [5.41, 5.74) is 5.98. The Morgan fingerprint density at radius 2 is 1.75 bits per heavy atom. The minimum Gasteiger partial charge on any atom is -0.329 e. The number of rotatable bonds is 7. The van der Waals surface area contributed by atoms with Crippen LogP contribution >= 0.6 is 0 Å². The van der Waals surface area contributed by atoms with E-state index < -0.39 is 11.7 Å². The van der Waals surface area contributed by atoms with Crippen molar-refractivity contribution in [2.45, 2.75) is 38.4 Å². The Morgan fingerprint density at radius 1 is 1.15 bits per heavy atom. The first kappa shape index (κ1) is 17.0. The molecular formula is C15H23F3N2. The molecule has 0 saturated carbocycles. The standard InChI is InChI=1S/C15H23F3N2/c1-3-4-5-10-20(2)14(11-19)12-6-8-13(9-7-12)15(16,17)18/h6-9,14H,3-5,10-11,19H2,1-2H3. The number of alkyl halides is 3. The number of benzene rings is 1. The number of halogens is 3. The van der Waals surface area contributed by atoms with E-state index in [2.05, 4.69) is 11.8 Å². The molecule has 0 aromatic heterocycles. The lowest BCUT2D eigenvalue weighted by atomic mass is 10.0. The van der Waals surface area contributed by atoms with Crippen molar-refractivity contribution in [3.05, 3.63) is 35.4 Å². The molecule has 0 aliphatic carbocycles. The van der Waals surface area contributed by atoms with Gasteiger partial charge in [0.1, 0.15) is 0 Å². The van der Waals surface area contributed by atoms with Gasteiger partial charge in [0.05, 0.1) is 5.56 Å². The summed E-state index contributed by atoms with van der Waals surface area (Å²) < 4.78 is 37.6. The smallest absolute Gasteiger partial charge is 0.329 e. The number of hydrogen-bond acceptors (Lipinski definition) is 2. The lowest BCUT2D eigenvalue weighted by molar-refractivity contribution is -0.137. The lowest BCUT2D eigenvalue weighted by Gasteiger charge is -2.27. The summed E-state index contributed by atoms with van der Waals surface area (Å²) in [4.78, 5) is 2.11. The molecule has 0 aliphatic heterocycles. The highest BCUT2D eigenvalue weighted by Crippen LogP contribution is 2.30. The molecule has 1 unspecified atom stereocenters. The molecule has 1 rings (SSSR count). The van der Waals surface area contributed by atoms with Gasteiger partial charge in [-0.3, -0.25) is 4.90 Å². The van der Waals surface area contributed by atoms with Gasteiger partial charge in [0.25, 0.3) is 0 Å². The van der Waals surface area contributed by atoms with E-state index in [4.69, 9.17) is 5.73 Å². The maximum absolute atomic E-state index is 12.5. The Bertz CT molecular complexity index is 387. The van der Waals surface area contributed by atoms with Crippen molar-refractivity contribution in [1.29, 1.82) is 0 Å². The summed E-state index contributed by atoms with van der Waals surface area (Å²) in [7, 11) is 1.96. The number of unbranched alkanes of at least 4 members (excludes halogenated alkanes) is 2. The monoisotopic (exact) mass is 288 g/mol. The maximum Gasteiger partial charge on any atom is 0.416 e. The van der Waals surface area contributed by atoms with Gasteiger partial charge in [-0.15, -0.1) is 0 Å². The average molecular weight is 288 g/mol. The van der Waals surface area contributed by atoms with Crippen molar-refractivity contribution >= 4 is 0 Å². The molecule has 0 saturated heterocycles. The van der Waals surface area contributed by atoms with Crippen LogP contribution in [0.3, 0.4) is 0 Å². The van der Waals surface area contributed by atoms with Crippen LogP contribution in [0.1, 0.15) is 43.4 Å². The first-order chi connectivity index (χ1) is 9.40. The fraction of sp³-hybridized carbons (Fsp3) is 0.600. The van der Waals surface area contributed by atoms with Crippen LogP contribution in [0.4, 0.5) is 13.2 Å². The Kier molecular flexibility index (Phi) is 6.49. The van der Waals surface area contributed by atoms with Gasteiger partial charge in [-0.05, 0) is 37.7 Å². The number of nitrogens with two attached hydrogens (primary N) is 1. The zero-order valence-electron chi connectivity index (χ0n) is 12.1. The minimum atomic E-state index is -4.29. The van der Waals surface area contributed by atoms with Crippen LogP contribution in [0.2, 0.25) is 0 Å². The second-order valence-electron chi connectivity index (χ2n) is 5.06. The normalized spacial score (nSPS) is 13.8. The summed E-state index contributed by atoms with van der Waals surface area (Å²) in [5.74, 6) is 0. The van der Waals surface area contributed by atoms with Gasteiger partial charge in [-0.1, -0.05) is 31.9 Å². The minimum absolute atomic E-state index is 0.0332. The summed E-state index contributed by atoms with van der Waals surface area (Å²) in [6, 6.07) is 5.26. The molecule has 0 spiro atoms. The van der Waals surface area contributed by atoms with Crippen LogP contribution in [0.15, 0.2) is 24.3 Å². The third-order valence-electron chi connectivity index (χ3n) is 3.49. The Hall–Kier alpha value is -1.07. The molecule has 0 heterocycles. The average Bonchev–Trinajstić information content (AvgIpc) is 2.39. The summed E-state index contributed by atoms with van der Waals surface area (Å²) in [6.07, 6.45) is -0.927. The van der Waals surface area contributed by atoms with Gasteiger partial charge >= 0.3 is 6.18 Å². The highest BCUT2D eigenvalue weighted by atomic mass is 19.4. The van der Waals surface area contributed by atoms with Gasteiger partial charge in [-0.25, -0.2) is 0 Å². The third kappa shape index (κ3) is 4.80. The van der Waals surface area contributed by atoms with Crippen molar-refractivity contribution in [2.75, 3.05) is 20.1 Å². The van der Waals surface area contributed by atoms with Crippen LogP contribution < -0.4 is 5.73 Å². The zero-order valence-corrected chi connectivity index (χ0v) is 12.1. The quantitative estimate of drug-likeness (QED) is 0.773. The number of hydrogen-bond donors (Lipinski definition) is 1. The van der Waals surface area contributed by atoms with Crippen LogP contribution in [0.5, 0.6) is 0 Å². The van der Waals surface area contributed by atoms with E-state index in [0.29, 0.717) is 6.54 Å². The van der Waals surface area contributed by atoms with Crippen LogP contribution in [-0.4, -0.2) is 25.0 Å². The molecule has 1 atom stereocenters. The van der Waals surface area contributed by atoms with E-state index in [9.17, 15) is 13.2 Å². The number of likely N-dealkylation sites (N-methyl/N-ethyl adjacent to an activating group) is 1. The largest absolute Gasteiger partial charge is 0.416 e. The fourth-order valence-corrected chi connectivity index (χ4v) is 2.23. The SMILES string of the molecule is CCCCCN(C)C(CN)c1ccc(C(F)(F)F)cc1. The van der Waals surface area contributed by atoms with E-state index in [1.54, 1.807) is 0 Å². The molecule has 5 heteroatoms. The van der Waals surface area contributed by atoms with Gasteiger partial charge in [0, 0.05) is 12.6 Å². The topological polar surface area (TPSA) is 29.3 Å². The predicted octanol–water partition coefficient (Wildman–Crippen LogP) is 3.83. The molecule has 0 fully saturated rings. The first-order valence-electron chi connectivity index (χ1n) is 6.97. The molecular weight excluding hydrogens is 265 g/mol. The summed E-state index contributed by atoms with van der Waals surface area (Å²) in [6.45, 7) is 3.43. The Labute approximate surface area is 118 Å². The van der Waals surface area contributed by atoms with E-state index in [0.717, 1.165) is 43.5 Å². The van der Waals surface area contributed by atoms with E-state index >= 15 is 0 Å². The van der Waals surface area contributed by atoms with Gasteiger partial charge in [0.15, 0.2) is 0 Å². The maximum atomic E-state index is 12.5. The molecule has 0 radical (unpaired) electrons. The highest BCUT2D eigenvalue weighted by molar-refractivity contribution is 5.27. The van der Waals surface area contributed by atoms with Crippen molar-refractivity contribution < 1.29 is 13.2 Å². The predicted molar refractivity (Wildman–Crippen MR) is 75.4 cm³/mol. The fourth-order valence-electron chi connectivity index (χ4n) is 2.23. The molecule has 0 bridgehead atoms. The number of nitrogens with zero attached hydrogens (tertiary/aromatic N) is 1. The molecule has 114 valence electrons. The van der Waals surface area contributed by atoms with Gasteiger partial charge in [-0.2, -0.15) is 13.2 Å². The molecule has 2 nitrogen and oxygen atoms in total. The van der Waals surface area contributed by atoms with E-state index in [1.807, 2.05) is 7.05 Å². The highest BCUT2D eigenvalue weighted by Gasteiger charge is 2.30. The summed E-state index contributed by atoms with van der Waals surface area (Å²) >= 11 is 0. The van der Waals surface area contributed by atoms with Crippen molar-refractivity contribution in [3.8, 4) is 0 Å². The van der Waals surface area contributed by atoms with Gasteiger partial charge in [0.2, 0.25) is 0 Å². The molecule has 0 amide bonds. The molecule has 2 N–H and O–H groups in total.